The molecule has 1 heterocycles. The average Bonchev–Trinajstić information content (AvgIpc) is 3.17. The number of benzene rings is 2. The zero-order valence-corrected chi connectivity index (χ0v) is 14.6. The van der Waals surface area contributed by atoms with Gasteiger partial charge in [0, 0.05) is 24.9 Å². The van der Waals surface area contributed by atoms with Crippen LogP contribution in [0.2, 0.25) is 0 Å². The molecule has 0 unspecified atom stereocenters. The average molecular weight is 356 g/mol. The van der Waals surface area contributed by atoms with Gasteiger partial charge in [-0.25, -0.2) is 8.42 Å². The molecular formula is C19H20N2O3S. The van der Waals surface area contributed by atoms with Crippen LogP contribution in [-0.4, -0.2) is 31.7 Å². The molecule has 0 atom stereocenters. The van der Waals surface area contributed by atoms with E-state index in [2.05, 4.69) is 5.32 Å². The van der Waals surface area contributed by atoms with Crippen molar-refractivity contribution >= 4 is 27.7 Å². The van der Waals surface area contributed by atoms with Crippen LogP contribution in [-0.2, 0) is 14.8 Å². The first-order valence-electron chi connectivity index (χ1n) is 8.20. The third-order valence-electron chi connectivity index (χ3n) is 4.05. The van der Waals surface area contributed by atoms with Crippen molar-refractivity contribution < 1.29 is 13.2 Å². The number of hydrogen-bond donors (Lipinski definition) is 1. The summed E-state index contributed by atoms with van der Waals surface area (Å²) in [5.74, 6) is -0.265. The second-order valence-corrected chi connectivity index (χ2v) is 7.81. The fourth-order valence-corrected chi connectivity index (χ4v) is 4.22. The van der Waals surface area contributed by atoms with E-state index in [0.29, 0.717) is 18.8 Å². The molecule has 130 valence electrons. The van der Waals surface area contributed by atoms with Crippen LogP contribution in [0.3, 0.4) is 0 Å². The Kier molecular flexibility index (Phi) is 5.31. The van der Waals surface area contributed by atoms with E-state index in [0.717, 1.165) is 18.4 Å². The maximum Gasteiger partial charge on any atom is 0.248 e. The van der Waals surface area contributed by atoms with Crippen LogP contribution in [0.4, 0.5) is 5.69 Å². The monoisotopic (exact) mass is 356 g/mol. The van der Waals surface area contributed by atoms with Crippen molar-refractivity contribution in [2.45, 2.75) is 17.7 Å². The zero-order chi connectivity index (χ0) is 17.7. The molecule has 1 amide bonds. The summed E-state index contributed by atoms with van der Waals surface area (Å²) in [5, 5.41) is 2.73. The Morgan fingerprint density at radius 2 is 1.60 bits per heavy atom. The molecule has 1 aliphatic heterocycles. The minimum absolute atomic E-state index is 0.257. The summed E-state index contributed by atoms with van der Waals surface area (Å²) < 4.78 is 26.4. The number of anilines is 1. The van der Waals surface area contributed by atoms with E-state index >= 15 is 0 Å². The lowest BCUT2D eigenvalue weighted by Gasteiger charge is -2.15. The van der Waals surface area contributed by atoms with Gasteiger partial charge in [-0.2, -0.15) is 4.31 Å². The smallest absolute Gasteiger partial charge is 0.248 e. The Balaban J connectivity index is 1.64. The van der Waals surface area contributed by atoms with Gasteiger partial charge < -0.3 is 5.32 Å². The van der Waals surface area contributed by atoms with Gasteiger partial charge in [0.05, 0.1) is 4.90 Å². The molecule has 0 spiro atoms. The SMILES string of the molecule is O=C(C=Cc1ccccc1)Nc1ccc(S(=O)(=O)N2CCCC2)cc1. The summed E-state index contributed by atoms with van der Waals surface area (Å²) in [6.45, 7) is 1.15. The van der Waals surface area contributed by atoms with E-state index in [-0.39, 0.29) is 10.8 Å². The molecule has 1 saturated heterocycles. The van der Waals surface area contributed by atoms with Gasteiger partial charge in [0.1, 0.15) is 0 Å². The van der Waals surface area contributed by atoms with E-state index in [1.54, 1.807) is 18.2 Å². The number of nitrogens with zero attached hydrogens (tertiary/aromatic N) is 1. The minimum atomic E-state index is -3.42. The molecule has 5 nitrogen and oxygen atoms in total. The fraction of sp³-hybridized carbons (Fsp3) is 0.211. The highest BCUT2D eigenvalue weighted by Crippen LogP contribution is 2.22. The van der Waals surface area contributed by atoms with Gasteiger partial charge in [-0.3, -0.25) is 4.79 Å². The van der Waals surface area contributed by atoms with Gasteiger partial charge in [-0.1, -0.05) is 30.3 Å². The molecule has 1 N–H and O–H groups in total. The lowest BCUT2D eigenvalue weighted by atomic mass is 10.2. The molecule has 0 saturated carbocycles. The van der Waals surface area contributed by atoms with E-state index in [1.165, 1.54) is 22.5 Å². The van der Waals surface area contributed by atoms with Gasteiger partial charge >= 0.3 is 0 Å². The molecule has 3 rings (SSSR count). The number of carbonyl (C=O) groups is 1. The Bertz CT molecular complexity index is 853. The molecule has 2 aromatic carbocycles. The van der Waals surface area contributed by atoms with Crippen LogP contribution < -0.4 is 5.32 Å². The topological polar surface area (TPSA) is 66.5 Å². The van der Waals surface area contributed by atoms with Gasteiger partial charge in [0.2, 0.25) is 15.9 Å². The third kappa shape index (κ3) is 4.35. The zero-order valence-electron chi connectivity index (χ0n) is 13.8. The quantitative estimate of drug-likeness (QED) is 0.837. The summed E-state index contributed by atoms with van der Waals surface area (Å²) in [6, 6.07) is 15.8. The third-order valence-corrected chi connectivity index (χ3v) is 5.96. The molecule has 1 aliphatic rings. The first kappa shape index (κ1) is 17.4. The van der Waals surface area contributed by atoms with Crippen molar-refractivity contribution in [3.8, 4) is 0 Å². The molecule has 0 bridgehead atoms. The van der Waals surface area contributed by atoms with Gasteiger partial charge in [0.15, 0.2) is 0 Å². The van der Waals surface area contributed by atoms with Crippen LogP contribution in [0.15, 0.2) is 65.6 Å². The molecule has 0 aliphatic carbocycles. The highest BCUT2D eigenvalue weighted by atomic mass is 32.2. The first-order chi connectivity index (χ1) is 12.1. The van der Waals surface area contributed by atoms with Crippen molar-refractivity contribution in [3.63, 3.8) is 0 Å². The lowest BCUT2D eigenvalue weighted by Crippen LogP contribution is -2.27. The predicted octanol–water partition coefficient (Wildman–Crippen LogP) is 3.12. The lowest BCUT2D eigenvalue weighted by molar-refractivity contribution is -0.111. The number of carbonyl (C=O) groups excluding carboxylic acids is 1. The summed E-state index contributed by atoms with van der Waals surface area (Å²) in [4.78, 5) is 12.2. The van der Waals surface area contributed by atoms with Crippen molar-refractivity contribution in [1.82, 2.24) is 4.31 Å². The largest absolute Gasteiger partial charge is 0.323 e. The Labute approximate surface area is 148 Å². The summed E-state index contributed by atoms with van der Waals surface area (Å²) in [6.07, 6.45) is 4.98. The summed E-state index contributed by atoms with van der Waals surface area (Å²) >= 11 is 0. The molecule has 25 heavy (non-hydrogen) atoms. The highest BCUT2D eigenvalue weighted by Gasteiger charge is 2.26. The van der Waals surface area contributed by atoms with E-state index < -0.39 is 10.0 Å². The van der Waals surface area contributed by atoms with Crippen LogP contribution in [0.25, 0.3) is 6.08 Å². The maximum atomic E-state index is 12.5. The minimum Gasteiger partial charge on any atom is -0.323 e. The number of sulfonamides is 1. The van der Waals surface area contributed by atoms with E-state index in [1.807, 2.05) is 30.3 Å². The van der Waals surface area contributed by atoms with Crippen molar-refractivity contribution in [2.75, 3.05) is 18.4 Å². The van der Waals surface area contributed by atoms with E-state index in [9.17, 15) is 13.2 Å². The Morgan fingerprint density at radius 3 is 2.24 bits per heavy atom. The molecule has 6 heteroatoms. The molecule has 2 aromatic rings. The highest BCUT2D eigenvalue weighted by molar-refractivity contribution is 7.89. The number of rotatable bonds is 5. The van der Waals surface area contributed by atoms with Crippen LogP contribution >= 0.6 is 0 Å². The summed E-state index contributed by atoms with van der Waals surface area (Å²) in [7, 11) is -3.42. The van der Waals surface area contributed by atoms with Gasteiger partial charge in [-0.05, 0) is 48.7 Å². The van der Waals surface area contributed by atoms with Crippen molar-refractivity contribution in [1.29, 1.82) is 0 Å². The number of nitrogens with one attached hydrogen (secondary N) is 1. The molecule has 0 aromatic heterocycles. The fourth-order valence-electron chi connectivity index (χ4n) is 2.71. The Morgan fingerprint density at radius 1 is 0.960 bits per heavy atom. The van der Waals surface area contributed by atoms with Crippen molar-refractivity contribution in [2.24, 2.45) is 0 Å². The standard InChI is InChI=1S/C19H20N2O3S/c22-19(13-8-16-6-2-1-3-7-16)20-17-9-11-18(12-10-17)25(23,24)21-14-4-5-15-21/h1-3,6-13H,4-5,14-15H2,(H,20,22). The number of hydrogen-bond acceptors (Lipinski definition) is 3. The van der Waals surface area contributed by atoms with Crippen LogP contribution in [0.1, 0.15) is 18.4 Å². The normalized spacial score (nSPS) is 15.5. The second kappa shape index (κ2) is 7.63. The van der Waals surface area contributed by atoms with Crippen molar-refractivity contribution in [3.05, 3.63) is 66.2 Å². The summed E-state index contributed by atoms with van der Waals surface area (Å²) in [5.41, 5.74) is 1.49. The maximum absolute atomic E-state index is 12.5. The van der Waals surface area contributed by atoms with Crippen LogP contribution in [0, 0.1) is 0 Å². The predicted molar refractivity (Wildman–Crippen MR) is 98.5 cm³/mol. The second-order valence-electron chi connectivity index (χ2n) is 5.87. The van der Waals surface area contributed by atoms with Gasteiger partial charge in [-0.15, -0.1) is 0 Å². The first-order valence-corrected chi connectivity index (χ1v) is 9.64. The van der Waals surface area contributed by atoms with Crippen LogP contribution in [0.5, 0.6) is 0 Å². The van der Waals surface area contributed by atoms with Gasteiger partial charge in [0.25, 0.3) is 0 Å². The Hall–Kier alpha value is -2.44. The van der Waals surface area contributed by atoms with E-state index in [4.69, 9.17) is 0 Å². The molecule has 1 fully saturated rings. The molecular weight excluding hydrogens is 336 g/mol. The molecule has 0 radical (unpaired) electrons. The number of amides is 1.